The average Bonchev–Trinajstić information content (AvgIpc) is 3.02. The smallest absolute Gasteiger partial charge is 0.435 e. The third-order valence-electron chi connectivity index (χ3n) is 7.99. The minimum absolute atomic E-state index is 0.0321. The number of nitrogens with two attached hydrogens (primary N) is 2. The van der Waals surface area contributed by atoms with Crippen LogP contribution in [0.3, 0.4) is 0 Å². The lowest BCUT2D eigenvalue weighted by Gasteiger charge is -2.32. The molecule has 1 heterocycles. The van der Waals surface area contributed by atoms with E-state index in [1.807, 2.05) is 30.1 Å². The normalized spacial score (nSPS) is 14.7. The molecular formula is C33H42N6O5S. The van der Waals surface area contributed by atoms with Gasteiger partial charge in [-0.05, 0) is 68.6 Å². The summed E-state index contributed by atoms with van der Waals surface area (Å²) in [4.78, 5) is 34.0. The van der Waals surface area contributed by atoms with Crippen LogP contribution in [0.15, 0.2) is 82.7 Å². The SMILES string of the molecule is CCC(CC)N(CC(=O)Nc1ccc(-c2ccccc2S(N)(=O)=O)cc1)c1cccc(C(N)=NC(=O)OC2CCN(C)CC2)c1. The number of rotatable bonds is 11. The van der Waals surface area contributed by atoms with Crippen LogP contribution in [0.1, 0.15) is 45.1 Å². The van der Waals surface area contributed by atoms with E-state index in [1.54, 1.807) is 48.5 Å². The molecule has 5 N–H and O–H groups in total. The van der Waals surface area contributed by atoms with Crippen molar-refractivity contribution < 1.29 is 22.7 Å². The molecule has 0 radical (unpaired) electrons. The van der Waals surface area contributed by atoms with Gasteiger partial charge in [0.25, 0.3) is 0 Å². The first-order chi connectivity index (χ1) is 21.5. The van der Waals surface area contributed by atoms with Gasteiger partial charge in [-0.1, -0.05) is 56.3 Å². The van der Waals surface area contributed by atoms with E-state index in [9.17, 15) is 18.0 Å². The Hall–Kier alpha value is -4.26. The Labute approximate surface area is 265 Å². The molecule has 1 saturated heterocycles. The molecule has 45 heavy (non-hydrogen) atoms. The summed E-state index contributed by atoms with van der Waals surface area (Å²) in [5, 5.41) is 8.33. The van der Waals surface area contributed by atoms with Crippen LogP contribution in [0.4, 0.5) is 16.2 Å². The van der Waals surface area contributed by atoms with Crippen LogP contribution < -0.4 is 21.1 Å². The summed E-state index contributed by atoms with van der Waals surface area (Å²) in [6, 6.07) is 20.8. The van der Waals surface area contributed by atoms with Gasteiger partial charge >= 0.3 is 6.09 Å². The van der Waals surface area contributed by atoms with E-state index < -0.39 is 16.1 Å². The zero-order valence-electron chi connectivity index (χ0n) is 26.0. The van der Waals surface area contributed by atoms with Gasteiger partial charge in [0.05, 0.1) is 11.4 Å². The van der Waals surface area contributed by atoms with Gasteiger partial charge in [0, 0.05) is 41.6 Å². The second kappa shape index (κ2) is 15.2. The number of nitrogens with one attached hydrogen (secondary N) is 1. The van der Waals surface area contributed by atoms with Gasteiger partial charge in [-0.2, -0.15) is 4.99 Å². The molecule has 1 fully saturated rings. The van der Waals surface area contributed by atoms with Gasteiger partial charge in [0.2, 0.25) is 15.9 Å². The molecule has 3 aromatic carbocycles. The third-order valence-corrected chi connectivity index (χ3v) is 8.96. The number of hydrogen-bond donors (Lipinski definition) is 3. The Morgan fingerprint density at radius 2 is 1.69 bits per heavy atom. The fourth-order valence-corrected chi connectivity index (χ4v) is 6.24. The van der Waals surface area contributed by atoms with Crippen LogP contribution in [-0.4, -0.2) is 70.0 Å². The molecule has 0 aromatic heterocycles. The zero-order valence-corrected chi connectivity index (χ0v) is 26.8. The molecule has 0 atom stereocenters. The number of hydrogen-bond acceptors (Lipinski definition) is 7. The highest BCUT2D eigenvalue weighted by Crippen LogP contribution is 2.28. The first-order valence-electron chi connectivity index (χ1n) is 15.1. The second-order valence-corrected chi connectivity index (χ2v) is 12.7. The number of nitrogens with zero attached hydrogens (tertiary/aromatic N) is 3. The Bertz CT molecular complexity index is 1610. The van der Waals surface area contributed by atoms with Crippen molar-refractivity contribution in [1.29, 1.82) is 0 Å². The van der Waals surface area contributed by atoms with E-state index >= 15 is 0 Å². The Kier molecular flexibility index (Phi) is 11.3. The molecule has 240 valence electrons. The number of carbonyl (C=O) groups is 2. The molecule has 0 bridgehead atoms. The maximum absolute atomic E-state index is 13.3. The summed E-state index contributed by atoms with van der Waals surface area (Å²) in [5.41, 5.74) is 9.25. The number of piperidine rings is 1. The van der Waals surface area contributed by atoms with Crippen LogP contribution in [0, 0.1) is 0 Å². The summed E-state index contributed by atoms with van der Waals surface area (Å²) in [7, 11) is -1.86. The molecule has 1 aliphatic heterocycles. The van der Waals surface area contributed by atoms with E-state index in [0.717, 1.165) is 44.5 Å². The Balaban J connectivity index is 1.47. The lowest BCUT2D eigenvalue weighted by Crippen LogP contribution is -2.40. The molecule has 3 aromatic rings. The number of carbonyl (C=O) groups excluding carboxylic acids is 2. The largest absolute Gasteiger partial charge is 0.444 e. The molecule has 12 heteroatoms. The van der Waals surface area contributed by atoms with E-state index in [1.165, 1.54) is 6.07 Å². The number of sulfonamides is 1. The number of primary sulfonamides is 1. The van der Waals surface area contributed by atoms with Crippen molar-refractivity contribution in [3.63, 3.8) is 0 Å². The average molecular weight is 635 g/mol. The number of amidine groups is 1. The molecule has 1 aliphatic rings. The highest BCUT2D eigenvalue weighted by atomic mass is 32.2. The van der Waals surface area contributed by atoms with E-state index in [0.29, 0.717) is 22.4 Å². The van der Waals surface area contributed by atoms with Crippen LogP contribution in [0.2, 0.25) is 0 Å². The molecule has 11 nitrogen and oxygen atoms in total. The highest BCUT2D eigenvalue weighted by Gasteiger charge is 2.22. The van der Waals surface area contributed by atoms with Crippen molar-refractivity contribution in [2.45, 2.75) is 56.6 Å². The number of amides is 2. The predicted octanol–water partition coefficient (Wildman–Crippen LogP) is 4.57. The Morgan fingerprint density at radius 1 is 1.02 bits per heavy atom. The molecule has 4 rings (SSSR count). The third kappa shape index (κ3) is 9.13. The monoisotopic (exact) mass is 634 g/mol. The van der Waals surface area contributed by atoms with Crippen LogP contribution in [0.5, 0.6) is 0 Å². The molecule has 2 amide bonds. The van der Waals surface area contributed by atoms with Crippen molar-refractivity contribution in [1.82, 2.24) is 4.90 Å². The number of likely N-dealkylation sites (tertiary alicyclic amines) is 1. The number of benzene rings is 3. The van der Waals surface area contributed by atoms with Crippen molar-refractivity contribution >= 4 is 39.2 Å². The highest BCUT2D eigenvalue weighted by molar-refractivity contribution is 7.89. The van der Waals surface area contributed by atoms with Gasteiger partial charge in [-0.3, -0.25) is 4.79 Å². The van der Waals surface area contributed by atoms with Gasteiger partial charge in [-0.15, -0.1) is 0 Å². The van der Waals surface area contributed by atoms with Crippen LogP contribution in [0.25, 0.3) is 11.1 Å². The second-order valence-electron chi connectivity index (χ2n) is 11.2. The topological polar surface area (TPSA) is 160 Å². The van der Waals surface area contributed by atoms with Gasteiger partial charge in [0.1, 0.15) is 11.9 Å². The summed E-state index contributed by atoms with van der Waals surface area (Å²) < 4.78 is 29.6. The number of aliphatic imine (C=N–C) groups is 1. The van der Waals surface area contributed by atoms with Crippen molar-refractivity contribution in [2.24, 2.45) is 15.9 Å². The fourth-order valence-electron chi connectivity index (χ4n) is 5.48. The molecule has 0 saturated carbocycles. The fraction of sp³-hybridized carbons (Fsp3) is 0.364. The predicted molar refractivity (Wildman–Crippen MR) is 178 cm³/mol. The summed E-state index contributed by atoms with van der Waals surface area (Å²) in [6.45, 7) is 5.92. The first kappa shape index (κ1) is 33.6. The van der Waals surface area contributed by atoms with Gasteiger partial charge in [0.15, 0.2) is 0 Å². The van der Waals surface area contributed by atoms with Gasteiger partial charge in [-0.25, -0.2) is 18.4 Å². The molecule has 0 aliphatic carbocycles. The zero-order chi connectivity index (χ0) is 32.6. The molecule has 0 spiro atoms. The lowest BCUT2D eigenvalue weighted by molar-refractivity contribution is -0.115. The van der Waals surface area contributed by atoms with E-state index in [2.05, 4.69) is 29.1 Å². The number of ether oxygens (including phenoxy) is 1. The van der Waals surface area contributed by atoms with Crippen LogP contribution >= 0.6 is 0 Å². The van der Waals surface area contributed by atoms with Crippen molar-refractivity contribution in [3.8, 4) is 11.1 Å². The van der Waals surface area contributed by atoms with Crippen LogP contribution in [-0.2, 0) is 19.6 Å². The maximum Gasteiger partial charge on any atom is 0.435 e. The summed E-state index contributed by atoms with van der Waals surface area (Å²) in [6.07, 6.45) is 2.25. The summed E-state index contributed by atoms with van der Waals surface area (Å²) >= 11 is 0. The lowest BCUT2D eigenvalue weighted by atomic mass is 10.1. The maximum atomic E-state index is 13.3. The quantitative estimate of drug-likeness (QED) is 0.204. The van der Waals surface area contributed by atoms with E-state index in [4.69, 9.17) is 15.6 Å². The van der Waals surface area contributed by atoms with Crippen molar-refractivity contribution in [2.75, 3.05) is 36.9 Å². The molecular weight excluding hydrogens is 592 g/mol. The number of anilines is 2. The Morgan fingerprint density at radius 3 is 2.33 bits per heavy atom. The minimum Gasteiger partial charge on any atom is -0.444 e. The van der Waals surface area contributed by atoms with Gasteiger partial charge < -0.3 is 25.6 Å². The first-order valence-corrected chi connectivity index (χ1v) is 16.7. The standard InChI is InChI=1S/C33H42N6O5S/c1-4-26(5-2)39(27-10-8-9-24(21-27)32(34)37-33(41)44-28-17-19-38(3)20-18-28)22-31(40)36-25-15-13-23(14-16-25)29-11-6-7-12-30(29)45(35,42)43/h6-16,21,26,28H,4-5,17-20,22H2,1-3H3,(H,36,40)(H2,34,37,41)(H2,35,42,43). The summed E-state index contributed by atoms with van der Waals surface area (Å²) in [5.74, 6) is -0.179. The van der Waals surface area contributed by atoms with Crippen molar-refractivity contribution in [3.05, 3.63) is 78.4 Å². The van der Waals surface area contributed by atoms with E-state index in [-0.39, 0.29) is 35.3 Å². The minimum atomic E-state index is -3.90. The molecule has 0 unspecified atom stereocenters.